The number of anilines is 1. The molecule has 2 aromatic heterocycles. The molecule has 0 atom stereocenters. The molecular formula is C13H9ClN2O2S. The highest BCUT2D eigenvalue weighted by atomic mass is 35.5. The number of nitrogens with two attached hydrogens (primary N) is 1. The summed E-state index contributed by atoms with van der Waals surface area (Å²) in [5.74, 6) is 0.274. The number of benzene rings is 1. The van der Waals surface area contributed by atoms with E-state index in [0.29, 0.717) is 26.5 Å². The monoisotopic (exact) mass is 292 g/mol. The Labute approximate surface area is 117 Å². The summed E-state index contributed by atoms with van der Waals surface area (Å²) in [6.45, 7) is 1.85. The molecule has 19 heavy (non-hydrogen) atoms. The fraction of sp³-hybridized carbons (Fsp3) is 0.0769. The lowest BCUT2D eigenvalue weighted by Gasteiger charge is -1.99. The van der Waals surface area contributed by atoms with Crippen LogP contribution in [0.3, 0.4) is 0 Å². The SMILES string of the molecule is Cc1sc2nc(-c3ccc(Cl)cc3)oc(=O)c2c1N. The van der Waals surface area contributed by atoms with E-state index in [-0.39, 0.29) is 5.89 Å². The van der Waals surface area contributed by atoms with E-state index in [9.17, 15) is 4.79 Å². The molecule has 0 fully saturated rings. The van der Waals surface area contributed by atoms with Crippen molar-refractivity contribution in [1.29, 1.82) is 0 Å². The van der Waals surface area contributed by atoms with E-state index >= 15 is 0 Å². The number of thiophene rings is 1. The van der Waals surface area contributed by atoms with Gasteiger partial charge in [0.25, 0.3) is 0 Å². The molecule has 0 aliphatic heterocycles. The van der Waals surface area contributed by atoms with E-state index in [0.717, 1.165) is 4.88 Å². The van der Waals surface area contributed by atoms with Gasteiger partial charge in [0.1, 0.15) is 10.2 Å². The molecule has 0 bridgehead atoms. The summed E-state index contributed by atoms with van der Waals surface area (Å²) in [6, 6.07) is 6.94. The van der Waals surface area contributed by atoms with E-state index in [4.69, 9.17) is 21.8 Å². The van der Waals surface area contributed by atoms with Crippen molar-refractivity contribution < 1.29 is 4.42 Å². The highest BCUT2D eigenvalue weighted by Crippen LogP contribution is 2.31. The topological polar surface area (TPSA) is 69.1 Å². The van der Waals surface area contributed by atoms with Crippen molar-refractivity contribution >= 4 is 38.8 Å². The summed E-state index contributed by atoms with van der Waals surface area (Å²) >= 11 is 7.21. The molecular weight excluding hydrogens is 284 g/mol. The second-order valence-corrected chi connectivity index (χ2v) is 5.71. The first-order valence-electron chi connectivity index (χ1n) is 5.52. The van der Waals surface area contributed by atoms with Gasteiger partial charge < -0.3 is 10.2 Å². The number of hydrogen-bond donors (Lipinski definition) is 1. The van der Waals surface area contributed by atoms with Crippen LogP contribution in [0, 0.1) is 6.92 Å². The normalized spacial score (nSPS) is 11.1. The molecule has 0 radical (unpaired) electrons. The second-order valence-electron chi connectivity index (χ2n) is 4.07. The largest absolute Gasteiger partial charge is 0.403 e. The van der Waals surface area contributed by atoms with E-state index in [2.05, 4.69) is 4.98 Å². The molecule has 0 saturated carbocycles. The average Bonchev–Trinajstić information content (AvgIpc) is 2.66. The minimum Gasteiger partial charge on any atom is -0.403 e. The van der Waals surface area contributed by atoms with Crippen LogP contribution in [-0.4, -0.2) is 4.98 Å². The van der Waals surface area contributed by atoms with Gasteiger partial charge in [0, 0.05) is 15.5 Å². The maximum atomic E-state index is 12.0. The highest BCUT2D eigenvalue weighted by molar-refractivity contribution is 7.19. The Morgan fingerprint density at radius 1 is 1.32 bits per heavy atom. The Balaban J connectivity index is 2.27. The zero-order valence-corrected chi connectivity index (χ0v) is 11.5. The van der Waals surface area contributed by atoms with E-state index in [1.165, 1.54) is 11.3 Å². The molecule has 2 heterocycles. The molecule has 3 aromatic rings. The fourth-order valence-electron chi connectivity index (χ4n) is 1.79. The van der Waals surface area contributed by atoms with Crippen LogP contribution in [0.2, 0.25) is 5.02 Å². The van der Waals surface area contributed by atoms with Crippen molar-refractivity contribution in [3.05, 3.63) is 44.6 Å². The molecule has 0 unspecified atom stereocenters. The molecule has 6 heteroatoms. The van der Waals surface area contributed by atoms with Crippen molar-refractivity contribution in [1.82, 2.24) is 4.98 Å². The molecule has 2 N–H and O–H groups in total. The molecule has 0 spiro atoms. The molecule has 4 nitrogen and oxygen atoms in total. The number of hydrogen-bond acceptors (Lipinski definition) is 5. The molecule has 1 aromatic carbocycles. The fourth-order valence-corrected chi connectivity index (χ4v) is 2.84. The summed E-state index contributed by atoms with van der Waals surface area (Å²) in [5.41, 5.74) is 6.53. The van der Waals surface area contributed by atoms with E-state index < -0.39 is 5.63 Å². The van der Waals surface area contributed by atoms with Crippen molar-refractivity contribution in [2.45, 2.75) is 6.92 Å². The van der Waals surface area contributed by atoms with Crippen LogP contribution in [0.5, 0.6) is 0 Å². The van der Waals surface area contributed by atoms with Crippen LogP contribution in [0.4, 0.5) is 5.69 Å². The molecule has 0 aliphatic carbocycles. The average molecular weight is 293 g/mol. The van der Waals surface area contributed by atoms with Crippen LogP contribution < -0.4 is 11.4 Å². The predicted octanol–water partition coefficient (Wildman–Crippen LogP) is 3.46. The van der Waals surface area contributed by atoms with Gasteiger partial charge in [0.2, 0.25) is 5.89 Å². The Morgan fingerprint density at radius 3 is 2.68 bits per heavy atom. The summed E-state index contributed by atoms with van der Waals surface area (Å²) in [5, 5.41) is 0.976. The number of nitrogens with zero attached hydrogens (tertiary/aromatic N) is 1. The highest BCUT2D eigenvalue weighted by Gasteiger charge is 2.15. The number of nitrogen functional groups attached to an aromatic ring is 1. The smallest absolute Gasteiger partial charge is 0.350 e. The van der Waals surface area contributed by atoms with Crippen LogP contribution in [-0.2, 0) is 0 Å². The van der Waals surface area contributed by atoms with Crippen molar-refractivity contribution in [3.63, 3.8) is 0 Å². The molecule has 0 amide bonds. The van der Waals surface area contributed by atoms with Crippen molar-refractivity contribution in [2.24, 2.45) is 0 Å². The summed E-state index contributed by atoms with van der Waals surface area (Å²) in [7, 11) is 0. The molecule has 0 saturated heterocycles. The van der Waals surface area contributed by atoms with Crippen LogP contribution in [0.1, 0.15) is 4.88 Å². The zero-order chi connectivity index (χ0) is 13.6. The van der Waals surface area contributed by atoms with Gasteiger partial charge in [-0.1, -0.05) is 11.6 Å². The van der Waals surface area contributed by atoms with Gasteiger partial charge in [0.15, 0.2) is 0 Å². The Kier molecular flexibility index (Phi) is 2.80. The lowest BCUT2D eigenvalue weighted by atomic mass is 10.2. The maximum absolute atomic E-state index is 12.0. The lowest BCUT2D eigenvalue weighted by molar-refractivity contribution is 0.519. The number of aromatic nitrogens is 1. The first kappa shape index (κ1) is 12.2. The van der Waals surface area contributed by atoms with Crippen LogP contribution in [0.25, 0.3) is 21.7 Å². The number of aryl methyl sites for hydroxylation is 1. The quantitative estimate of drug-likeness (QED) is 0.746. The third-order valence-electron chi connectivity index (χ3n) is 2.80. The van der Waals surface area contributed by atoms with Crippen molar-refractivity contribution in [3.8, 4) is 11.5 Å². The van der Waals surface area contributed by atoms with Gasteiger partial charge in [0.05, 0.1) is 5.69 Å². The first-order chi connectivity index (χ1) is 9.06. The van der Waals surface area contributed by atoms with E-state index in [1.807, 2.05) is 6.92 Å². The standard InChI is InChI=1S/C13H9ClN2O2S/c1-6-10(15)9-12(19-6)16-11(18-13(9)17)7-2-4-8(14)5-3-7/h2-5H,15H2,1H3. The first-order valence-corrected chi connectivity index (χ1v) is 6.71. The summed E-state index contributed by atoms with van der Waals surface area (Å²) < 4.78 is 5.23. The molecule has 3 rings (SSSR count). The lowest BCUT2D eigenvalue weighted by Crippen LogP contribution is -2.03. The number of halogens is 1. The molecule has 0 aliphatic rings. The second kappa shape index (κ2) is 4.36. The number of rotatable bonds is 1. The van der Waals surface area contributed by atoms with Gasteiger partial charge in [-0.3, -0.25) is 0 Å². The predicted molar refractivity (Wildman–Crippen MR) is 77.8 cm³/mol. The molecule has 96 valence electrons. The minimum absolute atomic E-state index is 0.274. The summed E-state index contributed by atoms with van der Waals surface area (Å²) in [6.07, 6.45) is 0. The third kappa shape index (κ3) is 2.01. The van der Waals surface area contributed by atoms with Gasteiger partial charge >= 0.3 is 5.63 Å². The van der Waals surface area contributed by atoms with Crippen LogP contribution >= 0.6 is 22.9 Å². The van der Waals surface area contributed by atoms with Gasteiger partial charge in [-0.25, -0.2) is 9.78 Å². The Hall–Kier alpha value is -1.85. The van der Waals surface area contributed by atoms with Crippen molar-refractivity contribution in [2.75, 3.05) is 5.73 Å². The summed E-state index contributed by atoms with van der Waals surface area (Å²) in [4.78, 5) is 17.8. The van der Waals surface area contributed by atoms with E-state index in [1.54, 1.807) is 24.3 Å². The Morgan fingerprint density at radius 2 is 2.00 bits per heavy atom. The van der Waals surface area contributed by atoms with Gasteiger partial charge in [-0.05, 0) is 31.2 Å². The third-order valence-corrected chi connectivity index (χ3v) is 4.07. The maximum Gasteiger partial charge on any atom is 0.350 e. The van der Waals surface area contributed by atoms with Gasteiger partial charge in [-0.2, -0.15) is 0 Å². The van der Waals surface area contributed by atoms with Gasteiger partial charge in [-0.15, -0.1) is 11.3 Å². The zero-order valence-electron chi connectivity index (χ0n) is 9.94. The van der Waals surface area contributed by atoms with Crippen LogP contribution in [0.15, 0.2) is 33.5 Å². The minimum atomic E-state index is -0.461. The Bertz CT molecular complexity index is 821. The number of fused-ring (bicyclic) bond motifs is 1.